The molecule has 1 aliphatic rings. The van der Waals surface area contributed by atoms with E-state index in [1.54, 1.807) is 12.3 Å². The number of nitriles is 1. The molecule has 166 valence electrons. The van der Waals surface area contributed by atoms with Crippen LogP contribution in [0.2, 0.25) is 5.02 Å². The zero-order chi connectivity index (χ0) is 23.3. The molecule has 0 bridgehead atoms. The smallest absolute Gasteiger partial charge is 0.284 e. The van der Waals surface area contributed by atoms with Crippen LogP contribution in [0.15, 0.2) is 52.7 Å². The third-order valence-electron chi connectivity index (χ3n) is 5.38. The van der Waals surface area contributed by atoms with Crippen LogP contribution in [0.4, 0.5) is 16.2 Å². The van der Waals surface area contributed by atoms with Crippen molar-refractivity contribution >= 4 is 40.6 Å². The van der Waals surface area contributed by atoms with E-state index in [1.807, 2.05) is 4.90 Å². The molecule has 9 nitrogen and oxygen atoms in total. The molecule has 1 aliphatic heterocycles. The van der Waals surface area contributed by atoms with Gasteiger partial charge < -0.3 is 10.6 Å². The molecule has 5 rings (SSSR count). The molecule has 1 fully saturated rings. The van der Waals surface area contributed by atoms with E-state index in [2.05, 4.69) is 28.1 Å². The summed E-state index contributed by atoms with van der Waals surface area (Å²) in [4.78, 5) is 23.5. The minimum Gasteiger partial charge on any atom is -0.368 e. The predicted molar refractivity (Wildman–Crippen MR) is 123 cm³/mol. The lowest BCUT2D eigenvalue weighted by molar-refractivity contribution is 0.407. The Balaban J connectivity index is 1.62. The average molecular weight is 483 g/mol. The van der Waals surface area contributed by atoms with Crippen LogP contribution in [0, 0.1) is 23.1 Å². The molecule has 0 aliphatic carbocycles. The zero-order valence-electron chi connectivity index (χ0n) is 17.2. The molecular formula is C21H16ClFN8OS. The van der Waals surface area contributed by atoms with E-state index in [0.717, 1.165) is 0 Å². The molecule has 12 heteroatoms. The second kappa shape index (κ2) is 8.06. The Morgan fingerprint density at radius 3 is 2.76 bits per heavy atom. The fourth-order valence-electron chi connectivity index (χ4n) is 3.76. The maximum absolute atomic E-state index is 13.6. The number of nitrogens with zero attached hydrogens (tertiary/aromatic N) is 7. The maximum atomic E-state index is 13.6. The summed E-state index contributed by atoms with van der Waals surface area (Å²) >= 11 is 7.57. The van der Waals surface area contributed by atoms with Crippen molar-refractivity contribution in [1.29, 1.82) is 5.26 Å². The van der Waals surface area contributed by atoms with Gasteiger partial charge in [-0.05, 0) is 30.3 Å². The summed E-state index contributed by atoms with van der Waals surface area (Å²) in [6, 6.07) is 9.27. The lowest BCUT2D eigenvalue weighted by Gasteiger charge is -2.46. The van der Waals surface area contributed by atoms with Crippen LogP contribution in [-0.2, 0) is 0 Å². The molecule has 1 aromatic carbocycles. The number of anilines is 2. The van der Waals surface area contributed by atoms with Gasteiger partial charge in [-0.1, -0.05) is 30.3 Å². The van der Waals surface area contributed by atoms with Crippen molar-refractivity contribution in [3.05, 3.63) is 69.5 Å². The van der Waals surface area contributed by atoms with Crippen LogP contribution in [0.1, 0.15) is 12.5 Å². The third-order valence-corrected chi connectivity index (χ3v) is 7.12. The van der Waals surface area contributed by atoms with Crippen molar-refractivity contribution < 1.29 is 4.39 Å². The first kappa shape index (κ1) is 21.2. The summed E-state index contributed by atoms with van der Waals surface area (Å²) in [6.07, 6.45) is 3.00. The number of fused-ring (bicyclic) bond motifs is 1. The number of rotatable bonds is 4. The number of aromatic nitrogens is 5. The minimum absolute atomic E-state index is 0.0667. The molecular weight excluding hydrogens is 467 g/mol. The van der Waals surface area contributed by atoms with Crippen LogP contribution >= 0.6 is 23.4 Å². The van der Waals surface area contributed by atoms with Gasteiger partial charge in [0, 0.05) is 18.7 Å². The van der Waals surface area contributed by atoms with Crippen molar-refractivity contribution in [1.82, 2.24) is 24.1 Å². The second-order valence-electron chi connectivity index (χ2n) is 7.57. The molecule has 4 heterocycles. The van der Waals surface area contributed by atoms with Crippen molar-refractivity contribution in [2.75, 3.05) is 17.2 Å². The first-order chi connectivity index (χ1) is 15.9. The summed E-state index contributed by atoms with van der Waals surface area (Å²) in [5.41, 5.74) is 6.36. The Kier molecular flexibility index (Phi) is 5.19. The molecule has 0 saturated carbocycles. The molecule has 2 unspecified atom stereocenters. The fourth-order valence-corrected chi connectivity index (χ4v) is 5.26. The molecule has 0 radical (unpaired) electrons. The number of thioether (sulfide) groups is 1. The molecule has 2 N–H and O–H groups in total. The van der Waals surface area contributed by atoms with Gasteiger partial charge in [0.25, 0.3) is 5.56 Å². The number of benzene rings is 1. The maximum Gasteiger partial charge on any atom is 0.284 e. The molecule has 4 aromatic rings. The third kappa shape index (κ3) is 3.57. The normalized spacial score (nSPS) is 17.7. The van der Waals surface area contributed by atoms with Crippen LogP contribution in [0.3, 0.4) is 0 Å². The highest BCUT2D eigenvalue weighted by Gasteiger charge is 2.40. The van der Waals surface area contributed by atoms with Gasteiger partial charge in [0.2, 0.25) is 5.95 Å². The molecule has 33 heavy (non-hydrogen) atoms. The lowest BCUT2D eigenvalue weighted by atomic mass is 10.0. The number of hydrogen-bond acceptors (Lipinski definition) is 8. The van der Waals surface area contributed by atoms with E-state index in [9.17, 15) is 14.4 Å². The van der Waals surface area contributed by atoms with E-state index in [1.165, 1.54) is 51.3 Å². The molecule has 0 amide bonds. The quantitative estimate of drug-likeness (QED) is 0.471. The van der Waals surface area contributed by atoms with Crippen molar-refractivity contribution in [3.8, 4) is 11.8 Å². The number of nitrogens with two attached hydrogens (primary N) is 1. The molecule has 0 spiro atoms. The van der Waals surface area contributed by atoms with Crippen LogP contribution in [0.5, 0.6) is 0 Å². The lowest BCUT2D eigenvalue weighted by Crippen LogP contribution is -2.54. The van der Waals surface area contributed by atoms with Crippen LogP contribution < -0.4 is 16.2 Å². The predicted octanol–water partition coefficient (Wildman–Crippen LogP) is 3.10. The standard InChI is InChI=1S/C21H16ClFN8OS/c1-11-10-29(17-12(8-24)9-26-20(25)27-17)19(11)33-21-28-30-7-6-15(22)16(30)18(32)31(21)14-4-2-13(23)3-5-14/h2-7,9,11,19H,10H2,1H3,(H2,25,26,27). The van der Waals surface area contributed by atoms with E-state index in [4.69, 9.17) is 17.3 Å². The highest BCUT2D eigenvalue weighted by Crippen LogP contribution is 2.41. The summed E-state index contributed by atoms with van der Waals surface area (Å²) < 4.78 is 16.4. The summed E-state index contributed by atoms with van der Waals surface area (Å²) in [5, 5.41) is 14.6. The van der Waals surface area contributed by atoms with Crippen molar-refractivity contribution in [2.45, 2.75) is 17.5 Å². The molecule has 2 atom stereocenters. The Bertz CT molecular complexity index is 1480. The Morgan fingerprint density at radius 1 is 1.30 bits per heavy atom. The number of halogens is 2. The topological polar surface area (TPSA) is 118 Å². The zero-order valence-corrected chi connectivity index (χ0v) is 18.8. The molecule has 1 saturated heterocycles. The number of nitrogen functional groups attached to an aromatic ring is 1. The number of hydrogen-bond donors (Lipinski definition) is 1. The van der Waals surface area contributed by atoms with Crippen molar-refractivity contribution in [2.24, 2.45) is 5.92 Å². The van der Waals surface area contributed by atoms with E-state index in [-0.39, 0.29) is 33.3 Å². The Morgan fingerprint density at radius 2 is 2.06 bits per heavy atom. The van der Waals surface area contributed by atoms with Gasteiger partial charge >= 0.3 is 0 Å². The largest absolute Gasteiger partial charge is 0.368 e. The van der Waals surface area contributed by atoms with Gasteiger partial charge in [-0.15, -0.1) is 5.10 Å². The average Bonchev–Trinajstić information content (AvgIpc) is 3.17. The molecule has 3 aromatic heterocycles. The van der Waals surface area contributed by atoms with Crippen LogP contribution in [-0.4, -0.2) is 36.1 Å². The fraction of sp³-hybridized carbons (Fsp3) is 0.190. The summed E-state index contributed by atoms with van der Waals surface area (Å²) in [5.74, 6) is 0.276. The van der Waals surface area contributed by atoms with Crippen LogP contribution in [0.25, 0.3) is 11.2 Å². The highest BCUT2D eigenvalue weighted by molar-refractivity contribution is 8.00. The summed E-state index contributed by atoms with van der Waals surface area (Å²) in [7, 11) is 0. The van der Waals surface area contributed by atoms with Gasteiger partial charge in [-0.2, -0.15) is 10.2 Å². The van der Waals surface area contributed by atoms with Gasteiger partial charge in [0.05, 0.1) is 22.3 Å². The minimum atomic E-state index is -0.417. The first-order valence-electron chi connectivity index (χ1n) is 9.89. The highest BCUT2D eigenvalue weighted by atomic mass is 35.5. The van der Waals surface area contributed by atoms with Gasteiger partial charge in [-0.3, -0.25) is 9.36 Å². The van der Waals surface area contributed by atoms with E-state index < -0.39 is 5.82 Å². The van der Waals surface area contributed by atoms with Gasteiger partial charge in [-0.25, -0.2) is 13.9 Å². The van der Waals surface area contributed by atoms with Gasteiger partial charge in [0.1, 0.15) is 23.0 Å². The summed E-state index contributed by atoms with van der Waals surface area (Å²) in [6.45, 7) is 2.69. The van der Waals surface area contributed by atoms with Crippen molar-refractivity contribution in [3.63, 3.8) is 0 Å². The second-order valence-corrected chi connectivity index (χ2v) is 9.06. The Hall–Kier alpha value is -3.62. The van der Waals surface area contributed by atoms with Gasteiger partial charge in [0.15, 0.2) is 11.0 Å². The SMILES string of the molecule is CC1CN(c2nc(N)ncc2C#N)C1Sc1nn2ccc(Cl)c2c(=O)n1-c1ccc(F)cc1. The Labute approximate surface area is 196 Å². The van der Waals surface area contributed by atoms with E-state index >= 15 is 0 Å². The monoisotopic (exact) mass is 482 g/mol. The van der Waals surface area contributed by atoms with E-state index in [0.29, 0.717) is 28.8 Å². The first-order valence-corrected chi connectivity index (χ1v) is 11.1.